The van der Waals surface area contributed by atoms with Crippen molar-refractivity contribution in [3.63, 3.8) is 0 Å². The minimum Gasteiger partial charge on any atom is -0.316 e. The van der Waals surface area contributed by atoms with Crippen molar-refractivity contribution in [3.8, 4) is 0 Å². The van der Waals surface area contributed by atoms with Crippen LogP contribution in [0.3, 0.4) is 0 Å². The number of carbonyl (C=O) groups excluding carboxylic acids is 1. The summed E-state index contributed by atoms with van der Waals surface area (Å²) in [5, 5.41) is 5.28. The Labute approximate surface area is 104 Å². The summed E-state index contributed by atoms with van der Waals surface area (Å²) in [6.07, 6.45) is 6.53. The average Bonchev–Trinajstić information content (AvgIpc) is 2.90. The van der Waals surface area contributed by atoms with Crippen molar-refractivity contribution in [2.45, 2.75) is 19.3 Å². The monoisotopic (exact) mass is 249 g/mol. The van der Waals surface area contributed by atoms with E-state index in [4.69, 9.17) is 0 Å². The van der Waals surface area contributed by atoms with E-state index in [2.05, 4.69) is 10.3 Å². The maximum atomic E-state index is 12.1. The summed E-state index contributed by atoms with van der Waals surface area (Å²) in [4.78, 5) is 17.5. The quantitative estimate of drug-likeness (QED) is 0.897. The van der Waals surface area contributed by atoms with Gasteiger partial charge in [0.2, 0.25) is 0 Å². The van der Waals surface area contributed by atoms with Crippen LogP contribution in [0.4, 0.5) is 0 Å². The molecule has 3 rings (SSSR count). The number of hydrogen-bond acceptors (Lipinski definition) is 4. The standard InChI is InChI=1S/C12H15N3OS/c16-11(9-2-1-3-13-7-9)6-10-8-15-4-5-17-12(15)14-10/h4-5,8-9,13H,1-3,6-7H2. The van der Waals surface area contributed by atoms with Crippen LogP contribution in [0.5, 0.6) is 0 Å². The molecule has 0 aromatic carbocycles. The number of fused-ring (bicyclic) bond motifs is 1. The molecule has 0 spiro atoms. The number of carbonyl (C=O) groups is 1. The fraction of sp³-hybridized carbons (Fsp3) is 0.500. The molecule has 1 fully saturated rings. The van der Waals surface area contributed by atoms with Gasteiger partial charge in [-0.2, -0.15) is 0 Å². The third-order valence-electron chi connectivity index (χ3n) is 3.25. The van der Waals surface area contributed by atoms with Crippen LogP contribution in [0.15, 0.2) is 17.8 Å². The molecule has 0 saturated carbocycles. The third kappa shape index (κ3) is 2.25. The molecular formula is C12H15N3OS. The average molecular weight is 249 g/mol. The van der Waals surface area contributed by atoms with Gasteiger partial charge in [-0.25, -0.2) is 4.98 Å². The molecule has 4 nitrogen and oxygen atoms in total. The highest BCUT2D eigenvalue weighted by atomic mass is 32.1. The third-order valence-corrected chi connectivity index (χ3v) is 4.02. The van der Waals surface area contributed by atoms with Crippen molar-refractivity contribution in [1.29, 1.82) is 0 Å². The second-order valence-electron chi connectivity index (χ2n) is 4.51. The lowest BCUT2D eigenvalue weighted by Crippen LogP contribution is -2.35. The van der Waals surface area contributed by atoms with Crippen molar-refractivity contribution in [1.82, 2.24) is 14.7 Å². The summed E-state index contributed by atoms with van der Waals surface area (Å²) in [6.45, 7) is 1.88. The van der Waals surface area contributed by atoms with E-state index in [1.807, 2.05) is 22.2 Å². The predicted molar refractivity (Wildman–Crippen MR) is 67.4 cm³/mol. The van der Waals surface area contributed by atoms with Gasteiger partial charge >= 0.3 is 0 Å². The lowest BCUT2D eigenvalue weighted by atomic mass is 9.93. The molecule has 1 atom stereocenters. The number of imidazole rings is 1. The minimum absolute atomic E-state index is 0.184. The van der Waals surface area contributed by atoms with Crippen LogP contribution in [0, 0.1) is 5.92 Å². The van der Waals surface area contributed by atoms with Gasteiger partial charge in [0.15, 0.2) is 4.96 Å². The minimum atomic E-state index is 0.184. The highest BCUT2D eigenvalue weighted by Crippen LogP contribution is 2.16. The van der Waals surface area contributed by atoms with E-state index in [1.165, 1.54) is 0 Å². The van der Waals surface area contributed by atoms with Crippen molar-refractivity contribution < 1.29 is 4.79 Å². The van der Waals surface area contributed by atoms with Gasteiger partial charge in [-0.05, 0) is 19.4 Å². The summed E-state index contributed by atoms with van der Waals surface area (Å²) in [5.41, 5.74) is 0.896. The number of nitrogens with zero attached hydrogens (tertiary/aromatic N) is 2. The Morgan fingerprint density at radius 3 is 3.35 bits per heavy atom. The molecule has 0 bridgehead atoms. The first-order valence-electron chi connectivity index (χ1n) is 5.97. The maximum Gasteiger partial charge on any atom is 0.193 e. The van der Waals surface area contributed by atoms with Gasteiger partial charge in [-0.3, -0.25) is 9.20 Å². The van der Waals surface area contributed by atoms with Gasteiger partial charge < -0.3 is 5.32 Å². The molecule has 17 heavy (non-hydrogen) atoms. The largest absolute Gasteiger partial charge is 0.316 e. The van der Waals surface area contributed by atoms with E-state index in [0.29, 0.717) is 12.2 Å². The predicted octanol–water partition coefficient (Wildman–Crippen LogP) is 1.51. The summed E-state index contributed by atoms with van der Waals surface area (Å²) in [5.74, 6) is 0.506. The molecule has 0 amide bonds. The fourth-order valence-corrected chi connectivity index (χ4v) is 3.03. The molecule has 1 saturated heterocycles. The van der Waals surface area contributed by atoms with Crippen molar-refractivity contribution in [2.24, 2.45) is 5.92 Å². The van der Waals surface area contributed by atoms with E-state index in [1.54, 1.807) is 11.3 Å². The molecule has 2 aromatic heterocycles. The molecule has 90 valence electrons. The van der Waals surface area contributed by atoms with Gasteiger partial charge in [-0.15, -0.1) is 11.3 Å². The highest BCUT2D eigenvalue weighted by Gasteiger charge is 2.21. The van der Waals surface area contributed by atoms with E-state index in [0.717, 1.165) is 36.6 Å². The lowest BCUT2D eigenvalue weighted by molar-refractivity contribution is -0.122. The van der Waals surface area contributed by atoms with E-state index in [-0.39, 0.29) is 5.92 Å². The molecule has 5 heteroatoms. The molecule has 3 heterocycles. The van der Waals surface area contributed by atoms with Gasteiger partial charge in [0.05, 0.1) is 12.1 Å². The second kappa shape index (κ2) is 4.58. The Balaban J connectivity index is 1.69. The molecule has 0 aliphatic carbocycles. The number of piperidine rings is 1. The maximum absolute atomic E-state index is 12.1. The zero-order valence-electron chi connectivity index (χ0n) is 9.56. The van der Waals surface area contributed by atoms with Gasteiger partial charge in [0.25, 0.3) is 0 Å². The Morgan fingerprint density at radius 2 is 2.59 bits per heavy atom. The first-order chi connectivity index (χ1) is 8.33. The molecule has 2 aromatic rings. The van der Waals surface area contributed by atoms with Gasteiger partial charge in [0, 0.05) is 30.2 Å². The van der Waals surface area contributed by atoms with Gasteiger partial charge in [-0.1, -0.05) is 0 Å². The van der Waals surface area contributed by atoms with Crippen LogP contribution in [0.1, 0.15) is 18.5 Å². The number of ketones is 1. The van der Waals surface area contributed by atoms with Crippen molar-refractivity contribution in [3.05, 3.63) is 23.5 Å². The molecular weight excluding hydrogens is 234 g/mol. The Morgan fingerprint density at radius 1 is 1.65 bits per heavy atom. The topological polar surface area (TPSA) is 46.4 Å². The fourth-order valence-electron chi connectivity index (χ4n) is 2.31. The molecule has 0 radical (unpaired) electrons. The Hall–Kier alpha value is -1.20. The zero-order valence-corrected chi connectivity index (χ0v) is 10.4. The number of nitrogens with one attached hydrogen (secondary N) is 1. The van der Waals surface area contributed by atoms with Crippen molar-refractivity contribution in [2.75, 3.05) is 13.1 Å². The summed E-state index contributed by atoms with van der Waals surface area (Å²) >= 11 is 1.60. The van der Waals surface area contributed by atoms with Crippen LogP contribution in [0.2, 0.25) is 0 Å². The van der Waals surface area contributed by atoms with Crippen LogP contribution in [-0.2, 0) is 11.2 Å². The van der Waals surface area contributed by atoms with E-state index in [9.17, 15) is 4.79 Å². The number of hydrogen-bond donors (Lipinski definition) is 1. The second-order valence-corrected chi connectivity index (χ2v) is 5.38. The number of aromatic nitrogens is 2. The smallest absolute Gasteiger partial charge is 0.193 e. The Kier molecular flexibility index (Phi) is 2.94. The summed E-state index contributed by atoms with van der Waals surface area (Å²) < 4.78 is 1.98. The van der Waals surface area contributed by atoms with Crippen molar-refractivity contribution >= 4 is 22.1 Å². The lowest BCUT2D eigenvalue weighted by Gasteiger charge is -2.20. The first-order valence-corrected chi connectivity index (χ1v) is 6.85. The Bertz CT molecular complexity index is 496. The highest BCUT2D eigenvalue weighted by molar-refractivity contribution is 7.15. The van der Waals surface area contributed by atoms with Crippen LogP contribution >= 0.6 is 11.3 Å². The SMILES string of the molecule is O=C(Cc1cn2ccsc2n1)C1CCCNC1. The molecule has 1 N–H and O–H groups in total. The molecule has 1 aliphatic rings. The summed E-state index contributed by atoms with van der Waals surface area (Å²) in [6, 6.07) is 0. The number of rotatable bonds is 3. The molecule has 1 unspecified atom stereocenters. The number of Topliss-reactive ketones (excluding diaryl/α,β-unsaturated/α-hetero) is 1. The van der Waals surface area contributed by atoms with Crippen LogP contribution in [0.25, 0.3) is 4.96 Å². The molecule has 1 aliphatic heterocycles. The van der Waals surface area contributed by atoms with Gasteiger partial charge in [0.1, 0.15) is 5.78 Å². The van der Waals surface area contributed by atoms with Crippen LogP contribution < -0.4 is 5.32 Å². The first kappa shape index (κ1) is 10.9. The zero-order chi connectivity index (χ0) is 11.7. The van der Waals surface area contributed by atoms with E-state index >= 15 is 0 Å². The normalized spacial score (nSPS) is 20.8. The number of thiazole rings is 1. The summed E-state index contributed by atoms with van der Waals surface area (Å²) in [7, 11) is 0. The van der Waals surface area contributed by atoms with Crippen LogP contribution in [-0.4, -0.2) is 28.3 Å². The van der Waals surface area contributed by atoms with E-state index < -0.39 is 0 Å².